The van der Waals surface area contributed by atoms with Crippen LogP contribution in [0.1, 0.15) is 52.9 Å². The van der Waals surface area contributed by atoms with Crippen LogP contribution in [0.5, 0.6) is 0 Å². The molecule has 0 aliphatic carbocycles. The van der Waals surface area contributed by atoms with E-state index in [4.69, 9.17) is 10.5 Å². The molecule has 2 saturated heterocycles. The minimum atomic E-state index is 0.447. The largest absolute Gasteiger partial charge is 0.381 e. The molecule has 0 saturated carbocycles. The second kappa shape index (κ2) is 7.24. The number of nitrogens with zero attached hydrogens (tertiary/aromatic N) is 1. The summed E-state index contributed by atoms with van der Waals surface area (Å²) in [6, 6.07) is 0.536. The van der Waals surface area contributed by atoms with Gasteiger partial charge in [0.1, 0.15) is 0 Å². The molecular formula is C17H34N2O. The van der Waals surface area contributed by atoms with Crippen molar-refractivity contribution in [1.82, 2.24) is 4.90 Å². The van der Waals surface area contributed by atoms with Gasteiger partial charge >= 0.3 is 0 Å². The van der Waals surface area contributed by atoms with Crippen LogP contribution in [0.3, 0.4) is 0 Å². The smallest absolute Gasteiger partial charge is 0.0509 e. The predicted octanol–water partition coefficient (Wildman–Crippen LogP) is 2.89. The molecule has 2 heterocycles. The zero-order chi connectivity index (χ0) is 14.6. The predicted molar refractivity (Wildman–Crippen MR) is 84.8 cm³/mol. The van der Waals surface area contributed by atoms with E-state index < -0.39 is 0 Å². The summed E-state index contributed by atoms with van der Waals surface area (Å²) in [5.74, 6) is 1.51. The van der Waals surface area contributed by atoms with Gasteiger partial charge in [0.25, 0.3) is 0 Å². The molecule has 2 aliphatic heterocycles. The van der Waals surface area contributed by atoms with Gasteiger partial charge in [-0.15, -0.1) is 0 Å². The zero-order valence-corrected chi connectivity index (χ0v) is 13.7. The fraction of sp³-hybridized carbons (Fsp3) is 1.00. The maximum atomic E-state index is 6.11. The molecule has 0 radical (unpaired) electrons. The van der Waals surface area contributed by atoms with Gasteiger partial charge in [-0.3, -0.25) is 4.90 Å². The second-order valence-corrected chi connectivity index (χ2v) is 7.81. The summed E-state index contributed by atoms with van der Waals surface area (Å²) in [7, 11) is 0. The molecule has 118 valence electrons. The first-order valence-corrected chi connectivity index (χ1v) is 8.54. The van der Waals surface area contributed by atoms with E-state index in [1.165, 1.54) is 45.2 Å². The summed E-state index contributed by atoms with van der Waals surface area (Å²) in [4.78, 5) is 2.67. The average molecular weight is 282 g/mol. The molecule has 3 heteroatoms. The molecule has 0 aromatic rings. The van der Waals surface area contributed by atoms with E-state index in [0.717, 1.165) is 25.7 Å². The Morgan fingerprint density at radius 1 is 1.15 bits per heavy atom. The van der Waals surface area contributed by atoms with E-state index in [-0.39, 0.29) is 0 Å². The number of hydrogen-bond donors (Lipinski definition) is 1. The minimum Gasteiger partial charge on any atom is -0.381 e. The number of rotatable bonds is 3. The van der Waals surface area contributed by atoms with Crippen molar-refractivity contribution in [2.45, 2.75) is 58.9 Å². The molecule has 0 aromatic carbocycles. The van der Waals surface area contributed by atoms with Crippen LogP contribution in [0, 0.1) is 17.3 Å². The summed E-state index contributed by atoms with van der Waals surface area (Å²) in [6.07, 6.45) is 6.53. The Morgan fingerprint density at radius 3 is 2.55 bits per heavy atom. The molecule has 3 atom stereocenters. The van der Waals surface area contributed by atoms with Gasteiger partial charge in [-0.25, -0.2) is 0 Å². The molecule has 0 spiro atoms. The van der Waals surface area contributed by atoms with Gasteiger partial charge < -0.3 is 10.5 Å². The van der Waals surface area contributed by atoms with Crippen molar-refractivity contribution in [1.29, 1.82) is 0 Å². The van der Waals surface area contributed by atoms with Crippen molar-refractivity contribution in [2.75, 3.05) is 32.8 Å². The summed E-state index contributed by atoms with van der Waals surface area (Å²) in [6.45, 7) is 12.3. The second-order valence-electron chi connectivity index (χ2n) is 7.81. The molecule has 2 rings (SSSR count). The number of nitrogens with two attached hydrogens (primary N) is 1. The summed E-state index contributed by atoms with van der Waals surface area (Å²) < 4.78 is 5.68. The van der Waals surface area contributed by atoms with Crippen LogP contribution in [-0.4, -0.2) is 43.8 Å². The topological polar surface area (TPSA) is 38.5 Å². The van der Waals surface area contributed by atoms with E-state index in [9.17, 15) is 0 Å². The Labute approximate surface area is 125 Å². The van der Waals surface area contributed by atoms with Crippen molar-refractivity contribution < 1.29 is 4.74 Å². The quantitative estimate of drug-likeness (QED) is 0.865. The van der Waals surface area contributed by atoms with Crippen LogP contribution in [0.25, 0.3) is 0 Å². The van der Waals surface area contributed by atoms with Crippen molar-refractivity contribution in [2.24, 2.45) is 23.0 Å². The Kier molecular flexibility index (Phi) is 5.88. The average Bonchev–Trinajstić information content (AvgIpc) is 2.67. The van der Waals surface area contributed by atoms with Crippen LogP contribution in [0.2, 0.25) is 0 Å². The molecule has 2 N–H and O–H groups in total. The summed E-state index contributed by atoms with van der Waals surface area (Å²) >= 11 is 0. The number of likely N-dealkylation sites (tertiary alicyclic amines) is 1. The summed E-state index contributed by atoms with van der Waals surface area (Å²) in [5.41, 5.74) is 6.56. The Balaban J connectivity index is 1.93. The van der Waals surface area contributed by atoms with Crippen molar-refractivity contribution in [3.05, 3.63) is 0 Å². The van der Waals surface area contributed by atoms with E-state index in [2.05, 4.69) is 25.7 Å². The minimum absolute atomic E-state index is 0.447. The fourth-order valence-electron chi connectivity index (χ4n) is 4.02. The Morgan fingerprint density at radius 2 is 1.95 bits per heavy atom. The highest BCUT2D eigenvalue weighted by molar-refractivity contribution is 4.86. The molecule has 0 amide bonds. The Bertz CT molecular complexity index is 281. The highest BCUT2D eigenvalue weighted by Crippen LogP contribution is 2.35. The Hall–Kier alpha value is -0.120. The molecule has 3 unspecified atom stereocenters. The first-order valence-electron chi connectivity index (χ1n) is 8.54. The van der Waals surface area contributed by atoms with Crippen molar-refractivity contribution >= 4 is 0 Å². The lowest BCUT2D eigenvalue weighted by atomic mass is 9.77. The number of ether oxygens (including phenoxy) is 1. The van der Waals surface area contributed by atoms with Gasteiger partial charge in [-0.2, -0.15) is 0 Å². The monoisotopic (exact) mass is 282 g/mol. The zero-order valence-electron chi connectivity index (χ0n) is 13.7. The lowest BCUT2D eigenvalue weighted by Crippen LogP contribution is -2.48. The molecule has 2 aliphatic rings. The van der Waals surface area contributed by atoms with Crippen molar-refractivity contribution in [3.8, 4) is 0 Å². The summed E-state index contributed by atoms with van der Waals surface area (Å²) in [5, 5.41) is 0. The van der Waals surface area contributed by atoms with Gasteiger partial charge in [0.2, 0.25) is 0 Å². The molecule has 20 heavy (non-hydrogen) atoms. The molecule has 0 bridgehead atoms. The first-order chi connectivity index (χ1) is 9.52. The highest BCUT2D eigenvalue weighted by Gasteiger charge is 2.32. The van der Waals surface area contributed by atoms with Gasteiger partial charge in [0.15, 0.2) is 0 Å². The highest BCUT2D eigenvalue weighted by atomic mass is 16.5. The third-order valence-electron chi connectivity index (χ3n) is 5.44. The SMILES string of the molecule is CC(C)(C)C1CCCN(C(CN)C2CCCOC2)CC1. The van der Waals surface area contributed by atoms with Crippen LogP contribution >= 0.6 is 0 Å². The van der Waals surface area contributed by atoms with Gasteiger partial charge in [-0.1, -0.05) is 20.8 Å². The van der Waals surface area contributed by atoms with Crippen LogP contribution < -0.4 is 5.73 Å². The van der Waals surface area contributed by atoms with Crippen LogP contribution in [0.15, 0.2) is 0 Å². The standard InChI is InChI=1S/C17H34N2O/c1-17(2,3)15-7-4-9-19(10-8-15)16(12-18)14-6-5-11-20-13-14/h14-16H,4-13,18H2,1-3H3. The maximum absolute atomic E-state index is 6.11. The third kappa shape index (κ3) is 4.19. The van der Waals surface area contributed by atoms with E-state index >= 15 is 0 Å². The van der Waals surface area contributed by atoms with E-state index in [1.54, 1.807) is 0 Å². The van der Waals surface area contributed by atoms with E-state index in [1.807, 2.05) is 0 Å². The normalized spacial score (nSPS) is 31.8. The van der Waals surface area contributed by atoms with Crippen molar-refractivity contribution in [3.63, 3.8) is 0 Å². The van der Waals surface area contributed by atoms with Gasteiger partial charge in [-0.05, 0) is 62.4 Å². The van der Waals surface area contributed by atoms with Crippen LogP contribution in [0.4, 0.5) is 0 Å². The fourth-order valence-corrected chi connectivity index (χ4v) is 4.02. The molecule has 0 aromatic heterocycles. The first kappa shape index (κ1) is 16.3. The van der Waals surface area contributed by atoms with Crippen LogP contribution in [-0.2, 0) is 4.74 Å². The number of hydrogen-bond acceptors (Lipinski definition) is 3. The maximum Gasteiger partial charge on any atom is 0.0509 e. The van der Waals surface area contributed by atoms with Gasteiger partial charge in [0.05, 0.1) is 6.61 Å². The molecule has 3 nitrogen and oxygen atoms in total. The van der Waals surface area contributed by atoms with Gasteiger partial charge in [0, 0.05) is 19.2 Å². The molecular weight excluding hydrogens is 248 g/mol. The lowest BCUT2D eigenvalue weighted by Gasteiger charge is -2.38. The molecule has 2 fully saturated rings. The third-order valence-corrected chi connectivity index (χ3v) is 5.44. The lowest BCUT2D eigenvalue weighted by molar-refractivity contribution is 0.0113. The van der Waals surface area contributed by atoms with E-state index in [0.29, 0.717) is 17.4 Å².